The fourth-order valence-corrected chi connectivity index (χ4v) is 3.66. The second-order valence-electron chi connectivity index (χ2n) is 7.11. The summed E-state index contributed by atoms with van der Waals surface area (Å²) < 4.78 is 10.9. The molecule has 6 heteroatoms. The minimum Gasteiger partial charge on any atom is -0.478 e. The van der Waals surface area contributed by atoms with Gasteiger partial charge in [-0.05, 0) is 42.5 Å². The van der Waals surface area contributed by atoms with Crippen LogP contribution in [0.2, 0.25) is 0 Å². The molecule has 0 radical (unpaired) electrons. The quantitative estimate of drug-likeness (QED) is 0.687. The van der Waals surface area contributed by atoms with Gasteiger partial charge in [-0.15, -0.1) is 0 Å². The van der Waals surface area contributed by atoms with Crippen molar-refractivity contribution in [2.45, 2.75) is 25.4 Å². The third-order valence-electron chi connectivity index (χ3n) is 5.18. The van der Waals surface area contributed by atoms with Crippen molar-refractivity contribution in [1.82, 2.24) is 4.90 Å². The number of piperidine rings is 1. The molecule has 0 spiro atoms. The SMILES string of the molecule is COCCCOC1CCN(C(=O)c2ccccc2-c2ccccc2C(=O)O)CC1. The summed E-state index contributed by atoms with van der Waals surface area (Å²) >= 11 is 0. The second kappa shape index (κ2) is 10.2. The summed E-state index contributed by atoms with van der Waals surface area (Å²) in [6.45, 7) is 2.61. The zero-order valence-electron chi connectivity index (χ0n) is 16.7. The molecule has 1 aliphatic heterocycles. The highest BCUT2D eigenvalue weighted by Crippen LogP contribution is 2.29. The summed E-state index contributed by atoms with van der Waals surface area (Å²) in [5, 5.41) is 9.52. The zero-order valence-corrected chi connectivity index (χ0v) is 16.7. The van der Waals surface area contributed by atoms with Gasteiger partial charge in [0.05, 0.1) is 11.7 Å². The third kappa shape index (κ3) is 5.22. The first kappa shape index (κ1) is 21.0. The van der Waals surface area contributed by atoms with Gasteiger partial charge in [0.25, 0.3) is 5.91 Å². The van der Waals surface area contributed by atoms with Crippen LogP contribution in [-0.2, 0) is 9.47 Å². The fraction of sp³-hybridized carbons (Fsp3) is 0.391. The number of carboxylic acids is 1. The molecule has 2 aromatic rings. The minimum absolute atomic E-state index is 0.0707. The first-order valence-electron chi connectivity index (χ1n) is 9.93. The van der Waals surface area contributed by atoms with Crippen LogP contribution in [0.15, 0.2) is 48.5 Å². The maximum absolute atomic E-state index is 13.2. The van der Waals surface area contributed by atoms with Gasteiger partial charge in [0, 0.05) is 39.0 Å². The van der Waals surface area contributed by atoms with E-state index in [4.69, 9.17) is 9.47 Å². The molecular formula is C23H27NO5. The third-order valence-corrected chi connectivity index (χ3v) is 5.18. The van der Waals surface area contributed by atoms with E-state index in [0.717, 1.165) is 19.3 Å². The van der Waals surface area contributed by atoms with Crippen molar-refractivity contribution in [3.8, 4) is 11.1 Å². The predicted octanol–water partition coefficient (Wildman–Crippen LogP) is 3.71. The Balaban J connectivity index is 1.71. The molecule has 1 aliphatic rings. The Labute approximate surface area is 171 Å². The largest absolute Gasteiger partial charge is 0.478 e. The van der Waals surface area contributed by atoms with E-state index in [1.165, 1.54) is 0 Å². The lowest BCUT2D eigenvalue weighted by molar-refractivity contribution is 0.00190. The van der Waals surface area contributed by atoms with Gasteiger partial charge in [0.1, 0.15) is 0 Å². The van der Waals surface area contributed by atoms with Crippen molar-refractivity contribution in [2.75, 3.05) is 33.4 Å². The topological polar surface area (TPSA) is 76.1 Å². The van der Waals surface area contributed by atoms with Crippen LogP contribution in [0.4, 0.5) is 0 Å². The summed E-state index contributed by atoms with van der Waals surface area (Å²) in [6.07, 6.45) is 2.63. The van der Waals surface area contributed by atoms with Crippen LogP contribution >= 0.6 is 0 Å². The predicted molar refractivity (Wildman–Crippen MR) is 110 cm³/mol. The zero-order chi connectivity index (χ0) is 20.6. The number of nitrogens with zero attached hydrogens (tertiary/aromatic N) is 1. The second-order valence-corrected chi connectivity index (χ2v) is 7.11. The molecule has 0 saturated carbocycles. The van der Waals surface area contributed by atoms with Gasteiger partial charge < -0.3 is 19.5 Å². The van der Waals surface area contributed by atoms with Crippen molar-refractivity contribution in [2.24, 2.45) is 0 Å². The van der Waals surface area contributed by atoms with Gasteiger partial charge in [0.2, 0.25) is 0 Å². The Hall–Kier alpha value is -2.70. The Kier molecular flexibility index (Phi) is 7.38. The molecular weight excluding hydrogens is 370 g/mol. The van der Waals surface area contributed by atoms with Gasteiger partial charge in [-0.1, -0.05) is 36.4 Å². The number of hydrogen-bond donors (Lipinski definition) is 1. The van der Waals surface area contributed by atoms with Crippen molar-refractivity contribution >= 4 is 11.9 Å². The number of carbonyl (C=O) groups excluding carboxylic acids is 1. The first-order chi connectivity index (χ1) is 14.1. The van der Waals surface area contributed by atoms with Gasteiger partial charge in [0.15, 0.2) is 0 Å². The van der Waals surface area contributed by atoms with Gasteiger partial charge >= 0.3 is 5.97 Å². The molecule has 0 bridgehead atoms. The number of benzene rings is 2. The molecule has 0 atom stereocenters. The molecule has 1 N–H and O–H groups in total. The summed E-state index contributed by atoms with van der Waals surface area (Å²) in [5.41, 5.74) is 1.92. The standard InChI is InChI=1S/C23H27NO5/c1-28-15-6-16-29-17-11-13-24(14-12-17)22(25)20-9-4-2-7-18(20)19-8-3-5-10-21(19)23(26)27/h2-5,7-10,17H,6,11-16H2,1H3,(H,26,27). The Morgan fingerprint density at radius 1 is 0.966 bits per heavy atom. The summed E-state index contributed by atoms with van der Waals surface area (Å²) in [4.78, 5) is 26.7. The van der Waals surface area contributed by atoms with Crippen LogP contribution in [0.3, 0.4) is 0 Å². The summed E-state index contributed by atoms with van der Waals surface area (Å²) in [5.74, 6) is -1.08. The van der Waals surface area contributed by atoms with E-state index in [1.807, 2.05) is 17.0 Å². The number of aromatic carboxylic acids is 1. The number of amides is 1. The van der Waals surface area contributed by atoms with Crippen molar-refractivity contribution in [1.29, 1.82) is 0 Å². The highest BCUT2D eigenvalue weighted by atomic mass is 16.5. The lowest BCUT2D eigenvalue weighted by Crippen LogP contribution is -2.41. The van der Waals surface area contributed by atoms with Crippen LogP contribution in [-0.4, -0.2) is 61.4 Å². The average molecular weight is 397 g/mol. The highest BCUT2D eigenvalue weighted by molar-refractivity contribution is 6.04. The molecule has 1 fully saturated rings. The molecule has 29 heavy (non-hydrogen) atoms. The lowest BCUT2D eigenvalue weighted by Gasteiger charge is -2.32. The van der Waals surface area contributed by atoms with Crippen LogP contribution < -0.4 is 0 Å². The number of likely N-dealkylation sites (tertiary alicyclic amines) is 1. The Morgan fingerprint density at radius 3 is 2.17 bits per heavy atom. The van der Waals surface area contributed by atoms with Crippen LogP contribution in [0.1, 0.15) is 40.0 Å². The van der Waals surface area contributed by atoms with Crippen LogP contribution in [0.25, 0.3) is 11.1 Å². The maximum Gasteiger partial charge on any atom is 0.336 e. The number of rotatable bonds is 8. The van der Waals surface area contributed by atoms with Crippen LogP contribution in [0, 0.1) is 0 Å². The molecule has 3 rings (SSSR count). The van der Waals surface area contributed by atoms with Gasteiger partial charge in [-0.2, -0.15) is 0 Å². The normalized spacial score (nSPS) is 14.7. The van der Waals surface area contributed by atoms with E-state index in [1.54, 1.807) is 43.5 Å². The maximum atomic E-state index is 13.2. The molecule has 1 heterocycles. The van der Waals surface area contributed by atoms with E-state index in [2.05, 4.69) is 0 Å². The van der Waals surface area contributed by atoms with Crippen molar-refractivity contribution < 1.29 is 24.2 Å². The van der Waals surface area contributed by atoms with Crippen LogP contribution in [0.5, 0.6) is 0 Å². The highest BCUT2D eigenvalue weighted by Gasteiger charge is 2.26. The lowest BCUT2D eigenvalue weighted by atomic mass is 9.94. The molecule has 1 amide bonds. The smallest absolute Gasteiger partial charge is 0.336 e. The minimum atomic E-state index is -1.01. The number of hydrogen-bond acceptors (Lipinski definition) is 4. The van der Waals surface area contributed by atoms with Gasteiger partial charge in [-0.3, -0.25) is 4.79 Å². The Morgan fingerprint density at radius 2 is 1.55 bits per heavy atom. The van der Waals surface area contributed by atoms with Crippen molar-refractivity contribution in [3.63, 3.8) is 0 Å². The molecule has 154 valence electrons. The van der Waals surface area contributed by atoms with E-state index < -0.39 is 5.97 Å². The molecule has 0 aromatic heterocycles. The summed E-state index contributed by atoms with van der Waals surface area (Å²) in [6, 6.07) is 14.0. The number of methoxy groups -OCH3 is 1. The monoisotopic (exact) mass is 397 g/mol. The fourth-order valence-electron chi connectivity index (χ4n) is 3.66. The van der Waals surface area contributed by atoms with E-state index >= 15 is 0 Å². The molecule has 0 unspecified atom stereocenters. The Bertz CT molecular complexity index is 843. The average Bonchev–Trinajstić information content (AvgIpc) is 2.76. The molecule has 6 nitrogen and oxygen atoms in total. The summed E-state index contributed by atoms with van der Waals surface area (Å²) in [7, 11) is 1.68. The van der Waals surface area contributed by atoms with Gasteiger partial charge in [-0.25, -0.2) is 4.79 Å². The van der Waals surface area contributed by atoms with E-state index in [-0.39, 0.29) is 17.6 Å². The molecule has 2 aromatic carbocycles. The number of ether oxygens (including phenoxy) is 2. The first-order valence-corrected chi connectivity index (χ1v) is 9.93. The van der Waals surface area contributed by atoms with Crippen molar-refractivity contribution in [3.05, 3.63) is 59.7 Å². The van der Waals surface area contributed by atoms with E-state index in [9.17, 15) is 14.7 Å². The molecule has 0 aliphatic carbocycles. The number of carbonyl (C=O) groups is 2. The molecule has 1 saturated heterocycles. The number of carboxylic acid groups (broad SMARTS) is 1. The van der Waals surface area contributed by atoms with E-state index in [0.29, 0.717) is 43.0 Å².